The molecule has 1 rings (SSSR count). The van der Waals surface area contributed by atoms with Gasteiger partial charge in [0.15, 0.2) is 5.78 Å². The first-order chi connectivity index (χ1) is 7.67. The molecule has 5 nitrogen and oxygen atoms in total. The van der Waals surface area contributed by atoms with Gasteiger partial charge in [-0.25, -0.2) is 0 Å². The second-order valence-electron chi connectivity index (χ2n) is 3.65. The lowest BCUT2D eigenvalue weighted by molar-refractivity contribution is -0.122. The van der Waals surface area contributed by atoms with Gasteiger partial charge in [0, 0.05) is 18.8 Å². The first-order valence-electron chi connectivity index (χ1n) is 5.50. The molecule has 1 aromatic rings. The van der Waals surface area contributed by atoms with Gasteiger partial charge in [0.1, 0.15) is 6.61 Å². The van der Waals surface area contributed by atoms with E-state index in [0.717, 1.165) is 17.9 Å². The molecule has 1 aromatic heterocycles. The molecule has 0 amide bonds. The van der Waals surface area contributed by atoms with E-state index in [0.29, 0.717) is 19.6 Å². The maximum atomic E-state index is 11.6. The van der Waals surface area contributed by atoms with Crippen LogP contribution in [-0.2, 0) is 22.5 Å². The third kappa shape index (κ3) is 3.75. The van der Waals surface area contributed by atoms with Crippen molar-refractivity contribution in [1.29, 1.82) is 0 Å². The van der Waals surface area contributed by atoms with Crippen LogP contribution in [-0.4, -0.2) is 35.3 Å². The highest BCUT2D eigenvalue weighted by atomic mass is 16.5. The predicted molar refractivity (Wildman–Crippen MR) is 61.2 cm³/mol. The van der Waals surface area contributed by atoms with Gasteiger partial charge in [-0.3, -0.25) is 9.48 Å². The van der Waals surface area contributed by atoms with Crippen molar-refractivity contribution in [2.75, 3.05) is 19.8 Å². The molecule has 0 bridgehead atoms. The second-order valence-corrected chi connectivity index (χ2v) is 3.65. The Balaban J connectivity index is 2.48. The molecule has 0 saturated heterocycles. The Bertz CT molecular complexity index is 347. The Kier molecular flexibility index (Phi) is 5.14. The molecule has 2 N–H and O–H groups in total. The quantitative estimate of drug-likeness (QED) is 0.677. The zero-order chi connectivity index (χ0) is 12.0. The number of Topliss-reactive ketones (excluding diaryl/α,β-unsaturated/α-hetero) is 1. The van der Waals surface area contributed by atoms with Gasteiger partial charge >= 0.3 is 0 Å². The van der Waals surface area contributed by atoms with Crippen molar-refractivity contribution < 1.29 is 9.53 Å². The van der Waals surface area contributed by atoms with Gasteiger partial charge in [-0.1, -0.05) is 0 Å². The molecule has 0 spiro atoms. The summed E-state index contributed by atoms with van der Waals surface area (Å²) >= 11 is 0. The van der Waals surface area contributed by atoms with Gasteiger partial charge in [-0.15, -0.1) is 0 Å². The normalized spacial score (nSPS) is 10.7. The van der Waals surface area contributed by atoms with Crippen molar-refractivity contribution >= 4 is 5.78 Å². The molecule has 0 unspecified atom stereocenters. The zero-order valence-electron chi connectivity index (χ0n) is 9.90. The number of ether oxygens (including phenoxy) is 1. The van der Waals surface area contributed by atoms with E-state index >= 15 is 0 Å². The minimum Gasteiger partial charge on any atom is -0.372 e. The number of ketones is 1. The SMILES string of the molecule is CCn1nc(C)cc1CC(=O)COCCN. The lowest BCUT2D eigenvalue weighted by Gasteiger charge is -2.04. The highest BCUT2D eigenvalue weighted by molar-refractivity contribution is 5.81. The fourth-order valence-corrected chi connectivity index (χ4v) is 1.54. The van der Waals surface area contributed by atoms with Gasteiger partial charge in [-0.05, 0) is 19.9 Å². The van der Waals surface area contributed by atoms with E-state index in [2.05, 4.69) is 5.10 Å². The summed E-state index contributed by atoms with van der Waals surface area (Å²) in [4.78, 5) is 11.6. The van der Waals surface area contributed by atoms with E-state index in [-0.39, 0.29) is 12.4 Å². The smallest absolute Gasteiger partial charge is 0.164 e. The summed E-state index contributed by atoms with van der Waals surface area (Å²) in [6.07, 6.45) is 0.374. The summed E-state index contributed by atoms with van der Waals surface area (Å²) in [6.45, 7) is 5.71. The number of hydrogen-bond acceptors (Lipinski definition) is 4. The molecule has 1 heterocycles. The number of rotatable bonds is 7. The van der Waals surface area contributed by atoms with Crippen LogP contribution in [0.25, 0.3) is 0 Å². The van der Waals surface area contributed by atoms with Crippen molar-refractivity contribution in [3.63, 3.8) is 0 Å². The molecule has 5 heteroatoms. The molecule has 0 atom stereocenters. The Morgan fingerprint density at radius 2 is 2.38 bits per heavy atom. The maximum Gasteiger partial charge on any atom is 0.164 e. The number of nitrogens with zero attached hydrogens (tertiary/aromatic N) is 2. The Hall–Kier alpha value is -1.20. The fraction of sp³-hybridized carbons (Fsp3) is 0.636. The van der Waals surface area contributed by atoms with E-state index in [1.165, 1.54) is 0 Å². The standard InChI is InChI=1S/C11H19N3O2/c1-3-14-10(6-9(2)13-14)7-11(15)8-16-5-4-12/h6H,3-5,7-8,12H2,1-2H3. The highest BCUT2D eigenvalue weighted by Crippen LogP contribution is 2.05. The molecule has 90 valence electrons. The molecule has 0 fully saturated rings. The van der Waals surface area contributed by atoms with Crippen molar-refractivity contribution in [2.24, 2.45) is 5.73 Å². The van der Waals surface area contributed by atoms with E-state index < -0.39 is 0 Å². The first kappa shape index (κ1) is 12.9. The Morgan fingerprint density at radius 1 is 1.62 bits per heavy atom. The van der Waals surface area contributed by atoms with Crippen LogP contribution in [0.5, 0.6) is 0 Å². The van der Waals surface area contributed by atoms with Gasteiger partial charge in [-0.2, -0.15) is 5.10 Å². The molecule has 16 heavy (non-hydrogen) atoms. The van der Waals surface area contributed by atoms with Gasteiger partial charge < -0.3 is 10.5 Å². The lowest BCUT2D eigenvalue weighted by atomic mass is 10.2. The first-order valence-corrected chi connectivity index (χ1v) is 5.50. The topological polar surface area (TPSA) is 70.1 Å². The molecule has 0 aliphatic heterocycles. The van der Waals surface area contributed by atoms with E-state index in [1.807, 2.05) is 24.6 Å². The van der Waals surface area contributed by atoms with Gasteiger partial charge in [0.25, 0.3) is 0 Å². The van der Waals surface area contributed by atoms with Crippen LogP contribution < -0.4 is 5.73 Å². The number of aryl methyl sites for hydroxylation is 2. The van der Waals surface area contributed by atoms with E-state index in [1.54, 1.807) is 0 Å². The number of aromatic nitrogens is 2. The average Bonchev–Trinajstić information content (AvgIpc) is 2.59. The van der Waals surface area contributed by atoms with Crippen molar-refractivity contribution in [1.82, 2.24) is 9.78 Å². The lowest BCUT2D eigenvalue weighted by Crippen LogP contribution is -2.17. The number of carbonyl (C=O) groups excluding carboxylic acids is 1. The molecule has 0 radical (unpaired) electrons. The van der Waals surface area contributed by atoms with Crippen LogP contribution in [0.15, 0.2) is 6.07 Å². The van der Waals surface area contributed by atoms with Crippen molar-refractivity contribution in [2.45, 2.75) is 26.8 Å². The maximum absolute atomic E-state index is 11.6. The number of carbonyl (C=O) groups is 1. The molecule has 0 aliphatic rings. The van der Waals surface area contributed by atoms with Crippen LogP contribution in [0.1, 0.15) is 18.3 Å². The summed E-state index contributed by atoms with van der Waals surface area (Å²) in [6, 6.07) is 1.93. The van der Waals surface area contributed by atoms with E-state index in [9.17, 15) is 4.79 Å². The molecular weight excluding hydrogens is 206 g/mol. The summed E-state index contributed by atoms with van der Waals surface area (Å²) in [5, 5.41) is 4.28. The Labute approximate surface area is 95.6 Å². The summed E-state index contributed by atoms with van der Waals surface area (Å²) in [5.74, 6) is 0.0584. The second kappa shape index (κ2) is 6.40. The Morgan fingerprint density at radius 3 is 3.00 bits per heavy atom. The predicted octanol–water partition coefficient (Wildman–Crippen LogP) is 0.298. The van der Waals surface area contributed by atoms with E-state index in [4.69, 9.17) is 10.5 Å². The molecular formula is C11H19N3O2. The summed E-state index contributed by atoms with van der Waals surface area (Å²) < 4.78 is 6.94. The third-order valence-corrected chi connectivity index (χ3v) is 2.19. The van der Waals surface area contributed by atoms with Crippen LogP contribution in [0, 0.1) is 6.92 Å². The number of hydrogen-bond donors (Lipinski definition) is 1. The highest BCUT2D eigenvalue weighted by Gasteiger charge is 2.09. The third-order valence-electron chi connectivity index (χ3n) is 2.19. The molecule has 0 saturated carbocycles. The average molecular weight is 225 g/mol. The minimum atomic E-state index is 0.0584. The molecule has 0 aliphatic carbocycles. The van der Waals surface area contributed by atoms with Crippen molar-refractivity contribution in [3.8, 4) is 0 Å². The summed E-state index contributed by atoms with van der Waals surface area (Å²) in [5.41, 5.74) is 7.15. The fourth-order valence-electron chi connectivity index (χ4n) is 1.54. The van der Waals surface area contributed by atoms with Gasteiger partial charge in [0.05, 0.1) is 18.7 Å². The van der Waals surface area contributed by atoms with Crippen LogP contribution in [0.3, 0.4) is 0 Å². The monoisotopic (exact) mass is 225 g/mol. The minimum absolute atomic E-state index is 0.0584. The zero-order valence-corrected chi connectivity index (χ0v) is 9.90. The van der Waals surface area contributed by atoms with Crippen LogP contribution in [0.4, 0.5) is 0 Å². The van der Waals surface area contributed by atoms with Crippen molar-refractivity contribution in [3.05, 3.63) is 17.5 Å². The number of nitrogens with two attached hydrogens (primary N) is 1. The largest absolute Gasteiger partial charge is 0.372 e. The van der Waals surface area contributed by atoms with Crippen LogP contribution >= 0.6 is 0 Å². The van der Waals surface area contributed by atoms with Gasteiger partial charge in [0.2, 0.25) is 0 Å². The van der Waals surface area contributed by atoms with Crippen LogP contribution in [0.2, 0.25) is 0 Å². The summed E-state index contributed by atoms with van der Waals surface area (Å²) in [7, 11) is 0. The molecule has 0 aromatic carbocycles.